The molecule has 2 aliphatic rings. The van der Waals surface area contributed by atoms with Crippen LogP contribution < -0.4 is 15.1 Å². The number of amides is 2. The van der Waals surface area contributed by atoms with E-state index in [0.29, 0.717) is 24.8 Å². The van der Waals surface area contributed by atoms with E-state index < -0.39 is 0 Å². The Hall–Kier alpha value is -2.59. The number of anilines is 3. The SMILES string of the molecule is CC(C)Cn1c(SCC(=O)N2c3ccccc3NC(=O)CC2C)nnc1N1CCOCC1. The maximum Gasteiger partial charge on any atom is 0.237 e. The van der Waals surface area contributed by atoms with Crippen LogP contribution in [0.5, 0.6) is 0 Å². The van der Waals surface area contributed by atoms with Crippen molar-refractivity contribution in [3.63, 3.8) is 0 Å². The molecule has 1 unspecified atom stereocenters. The Morgan fingerprint density at radius 3 is 2.75 bits per heavy atom. The van der Waals surface area contributed by atoms with Gasteiger partial charge in [0.2, 0.25) is 17.8 Å². The molecule has 4 rings (SSSR count). The Balaban J connectivity index is 1.53. The normalized spacial score (nSPS) is 19.0. The van der Waals surface area contributed by atoms with Gasteiger partial charge in [-0.1, -0.05) is 37.7 Å². The van der Waals surface area contributed by atoms with Gasteiger partial charge in [0.15, 0.2) is 5.16 Å². The smallest absolute Gasteiger partial charge is 0.237 e. The third kappa shape index (κ3) is 4.91. The first-order chi connectivity index (χ1) is 15.4. The zero-order valence-corrected chi connectivity index (χ0v) is 19.6. The molecule has 2 aromatic rings. The number of carbonyl (C=O) groups excluding carboxylic acids is 2. The summed E-state index contributed by atoms with van der Waals surface area (Å²) in [6.07, 6.45) is 0.260. The average Bonchev–Trinajstić information content (AvgIpc) is 3.09. The second kappa shape index (κ2) is 9.91. The van der Waals surface area contributed by atoms with E-state index in [2.05, 4.69) is 38.8 Å². The molecule has 172 valence electrons. The maximum atomic E-state index is 13.3. The van der Waals surface area contributed by atoms with Crippen molar-refractivity contribution < 1.29 is 14.3 Å². The second-order valence-electron chi connectivity index (χ2n) is 8.56. The summed E-state index contributed by atoms with van der Waals surface area (Å²) in [6, 6.07) is 7.20. The summed E-state index contributed by atoms with van der Waals surface area (Å²) in [6.45, 7) is 9.90. The van der Waals surface area contributed by atoms with Gasteiger partial charge in [0.25, 0.3) is 0 Å². The van der Waals surface area contributed by atoms with Crippen LogP contribution in [0.25, 0.3) is 0 Å². The lowest BCUT2D eigenvalue weighted by Crippen LogP contribution is -2.40. The molecule has 0 radical (unpaired) electrons. The molecule has 32 heavy (non-hydrogen) atoms. The third-order valence-electron chi connectivity index (χ3n) is 5.49. The predicted molar refractivity (Wildman–Crippen MR) is 125 cm³/mol. The summed E-state index contributed by atoms with van der Waals surface area (Å²) in [4.78, 5) is 29.5. The summed E-state index contributed by atoms with van der Waals surface area (Å²) >= 11 is 1.39. The van der Waals surface area contributed by atoms with Crippen LogP contribution in [-0.4, -0.2) is 64.7 Å². The lowest BCUT2D eigenvalue weighted by Gasteiger charge is -2.28. The topological polar surface area (TPSA) is 92.6 Å². The number of benzene rings is 1. The van der Waals surface area contributed by atoms with Gasteiger partial charge in [0.05, 0.1) is 30.3 Å². The van der Waals surface area contributed by atoms with Gasteiger partial charge in [0, 0.05) is 32.1 Å². The lowest BCUT2D eigenvalue weighted by molar-refractivity contribution is -0.117. The number of ether oxygens (including phenoxy) is 1. The molecule has 1 fully saturated rings. The number of aromatic nitrogens is 3. The Morgan fingerprint density at radius 2 is 2.00 bits per heavy atom. The molecule has 3 heterocycles. The standard InChI is InChI=1S/C22H30N6O3S/c1-15(2)13-27-21(26-8-10-31-11-9-26)24-25-22(27)32-14-20(30)28-16(3)12-19(29)23-17-6-4-5-7-18(17)28/h4-7,15-16H,8-14H2,1-3H3,(H,23,29). The van der Waals surface area contributed by atoms with Crippen LogP contribution in [0.15, 0.2) is 29.4 Å². The molecule has 9 nitrogen and oxygen atoms in total. The monoisotopic (exact) mass is 458 g/mol. The molecular formula is C22H30N6O3S. The Labute approximate surface area is 192 Å². The van der Waals surface area contributed by atoms with Crippen molar-refractivity contribution in [1.82, 2.24) is 14.8 Å². The molecule has 10 heteroatoms. The molecule has 0 bridgehead atoms. The third-order valence-corrected chi connectivity index (χ3v) is 6.44. The molecule has 1 atom stereocenters. The number of hydrogen-bond donors (Lipinski definition) is 1. The van der Waals surface area contributed by atoms with Crippen molar-refractivity contribution >= 4 is 40.9 Å². The molecule has 1 saturated heterocycles. The molecule has 0 aliphatic carbocycles. The van der Waals surface area contributed by atoms with Crippen LogP contribution in [0.3, 0.4) is 0 Å². The van der Waals surface area contributed by atoms with Crippen molar-refractivity contribution in [3.8, 4) is 0 Å². The summed E-state index contributed by atoms with van der Waals surface area (Å²) in [5.74, 6) is 1.32. The summed E-state index contributed by atoms with van der Waals surface area (Å²) < 4.78 is 7.58. The Bertz CT molecular complexity index is 972. The highest BCUT2D eigenvalue weighted by atomic mass is 32.2. The predicted octanol–water partition coefficient (Wildman–Crippen LogP) is 2.63. The van der Waals surface area contributed by atoms with Gasteiger partial charge in [-0.2, -0.15) is 0 Å². The molecule has 1 aromatic carbocycles. The van der Waals surface area contributed by atoms with Crippen LogP contribution in [0, 0.1) is 5.92 Å². The number of carbonyl (C=O) groups is 2. The van der Waals surface area contributed by atoms with E-state index in [1.807, 2.05) is 31.2 Å². The van der Waals surface area contributed by atoms with Crippen LogP contribution in [0.4, 0.5) is 17.3 Å². The van der Waals surface area contributed by atoms with E-state index in [1.165, 1.54) is 11.8 Å². The summed E-state index contributed by atoms with van der Waals surface area (Å²) in [5, 5.41) is 12.5. The van der Waals surface area contributed by atoms with Gasteiger partial charge < -0.3 is 19.9 Å². The first-order valence-electron chi connectivity index (χ1n) is 11.0. The number of hydrogen-bond acceptors (Lipinski definition) is 7. The van der Waals surface area contributed by atoms with E-state index in [0.717, 1.165) is 36.4 Å². The minimum absolute atomic E-state index is 0.0570. The number of morpholine rings is 1. The van der Waals surface area contributed by atoms with Crippen LogP contribution >= 0.6 is 11.8 Å². The van der Waals surface area contributed by atoms with E-state index in [-0.39, 0.29) is 30.0 Å². The number of fused-ring (bicyclic) bond motifs is 1. The van der Waals surface area contributed by atoms with E-state index in [1.54, 1.807) is 4.90 Å². The number of rotatable bonds is 6. The van der Waals surface area contributed by atoms with Crippen molar-refractivity contribution in [2.24, 2.45) is 5.92 Å². The number of thioether (sulfide) groups is 1. The van der Waals surface area contributed by atoms with Crippen molar-refractivity contribution in [2.45, 2.75) is 44.9 Å². The first-order valence-corrected chi connectivity index (χ1v) is 12.0. The number of nitrogens with zero attached hydrogens (tertiary/aromatic N) is 5. The van der Waals surface area contributed by atoms with Crippen molar-refractivity contribution in [3.05, 3.63) is 24.3 Å². The zero-order valence-electron chi connectivity index (χ0n) is 18.8. The van der Waals surface area contributed by atoms with Gasteiger partial charge in [-0.3, -0.25) is 14.2 Å². The van der Waals surface area contributed by atoms with Crippen LogP contribution in [-0.2, 0) is 20.9 Å². The molecule has 0 spiro atoms. The van der Waals surface area contributed by atoms with Crippen molar-refractivity contribution in [1.29, 1.82) is 0 Å². The highest BCUT2D eigenvalue weighted by Gasteiger charge is 2.30. The molecular weight excluding hydrogens is 428 g/mol. The summed E-state index contributed by atoms with van der Waals surface area (Å²) in [7, 11) is 0. The average molecular weight is 459 g/mol. The number of nitrogens with one attached hydrogen (secondary N) is 1. The quantitative estimate of drug-likeness (QED) is 0.665. The minimum Gasteiger partial charge on any atom is -0.378 e. The lowest BCUT2D eigenvalue weighted by atomic mass is 10.2. The van der Waals surface area contributed by atoms with Crippen LogP contribution in [0.2, 0.25) is 0 Å². The largest absolute Gasteiger partial charge is 0.378 e. The highest BCUT2D eigenvalue weighted by Crippen LogP contribution is 2.32. The fourth-order valence-corrected chi connectivity index (χ4v) is 4.88. The second-order valence-corrected chi connectivity index (χ2v) is 9.50. The van der Waals surface area contributed by atoms with Crippen molar-refractivity contribution in [2.75, 3.05) is 47.2 Å². The minimum atomic E-state index is -0.232. The Morgan fingerprint density at radius 1 is 1.25 bits per heavy atom. The fourth-order valence-electron chi connectivity index (χ4n) is 4.07. The van der Waals surface area contributed by atoms with Gasteiger partial charge in [0.1, 0.15) is 0 Å². The van der Waals surface area contributed by atoms with Crippen LogP contribution in [0.1, 0.15) is 27.2 Å². The van der Waals surface area contributed by atoms with Gasteiger partial charge in [-0.15, -0.1) is 10.2 Å². The first kappa shape index (κ1) is 22.6. The molecule has 1 N–H and O–H groups in total. The Kier molecular flexibility index (Phi) is 7.00. The van der Waals surface area contributed by atoms with E-state index in [4.69, 9.17) is 4.74 Å². The van der Waals surface area contributed by atoms with Gasteiger partial charge in [-0.05, 0) is 25.0 Å². The molecule has 2 amide bonds. The van der Waals surface area contributed by atoms with Gasteiger partial charge in [-0.25, -0.2) is 0 Å². The summed E-state index contributed by atoms with van der Waals surface area (Å²) in [5.41, 5.74) is 1.40. The fraction of sp³-hybridized carbons (Fsp3) is 0.545. The zero-order chi connectivity index (χ0) is 22.7. The van der Waals surface area contributed by atoms with Gasteiger partial charge >= 0.3 is 0 Å². The van der Waals surface area contributed by atoms with E-state index in [9.17, 15) is 9.59 Å². The van der Waals surface area contributed by atoms with E-state index >= 15 is 0 Å². The molecule has 2 aliphatic heterocycles. The highest BCUT2D eigenvalue weighted by molar-refractivity contribution is 7.99. The molecule has 1 aromatic heterocycles. The number of para-hydroxylation sites is 2. The molecule has 0 saturated carbocycles. The maximum absolute atomic E-state index is 13.3.